The summed E-state index contributed by atoms with van der Waals surface area (Å²) < 4.78 is 7.64. The van der Waals surface area contributed by atoms with Crippen LogP contribution in [0.1, 0.15) is 76.5 Å². The first-order valence-electron chi connectivity index (χ1n) is 12.6. The molecule has 0 aliphatic carbocycles. The summed E-state index contributed by atoms with van der Waals surface area (Å²) in [6.45, 7) is 3.91. The lowest BCUT2D eigenvalue weighted by atomic mass is 10.1. The number of hydrogen-bond donors (Lipinski definition) is 0. The van der Waals surface area contributed by atoms with E-state index in [0.717, 1.165) is 35.7 Å². The van der Waals surface area contributed by atoms with Gasteiger partial charge in [-0.2, -0.15) is 0 Å². The molecule has 1 aliphatic heterocycles. The van der Waals surface area contributed by atoms with Gasteiger partial charge in [-0.1, -0.05) is 64.0 Å². The van der Waals surface area contributed by atoms with Gasteiger partial charge in [0.15, 0.2) is 0 Å². The highest BCUT2D eigenvalue weighted by Crippen LogP contribution is 2.34. The Morgan fingerprint density at radius 2 is 1.64 bits per heavy atom. The highest BCUT2D eigenvalue weighted by Gasteiger charge is 2.34. The van der Waals surface area contributed by atoms with Crippen LogP contribution >= 0.6 is 0 Å². The number of rotatable bonds is 12. The van der Waals surface area contributed by atoms with Crippen molar-refractivity contribution in [2.45, 2.75) is 77.2 Å². The first kappa shape index (κ1) is 23.3. The predicted octanol–water partition coefficient (Wildman–Crippen LogP) is 6.71. The lowest BCUT2D eigenvalue weighted by molar-refractivity contribution is -0.117. The molecule has 1 amide bonds. The van der Waals surface area contributed by atoms with Gasteiger partial charge in [0.1, 0.15) is 11.6 Å². The number of benzene rings is 2. The van der Waals surface area contributed by atoms with E-state index >= 15 is 0 Å². The fourth-order valence-electron chi connectivity index (χ4n) is 4.94. The highest BCUT2D eigenvalue weighted by molar-refractivity contribution is 5.96. The topological polar surface area (TPSA) is 47.4 Å². The highest BCUT2D eigenvalue weighted by atomic mass is 16.5. The second kappa shape index (κ2) is 11.4. The summed E-state index contributed by atoms with van der Waals surface area (Å²) in [5.41, 5.74) is 3.14. The number of nitrogens with zero attached hydrogens (tertiary/aromatic N) is 3. The van der Waals surface area contributed by atoms with Gasteiger partial charge in [0, 0.05) is 31.1 Å². The maximum atomic E-state index is 12.9. The molecule has 1 atom stereocenters. The number of aryl methyl sites for hydroxylation is 1. The van der Waals surface area contributed by atoms with Gasteiger partial charge in [-0.25, -0.2) is 4.98 Å². The summed E-state index contributed by atoms with van der Waals surface area (Å²) >= 11 is 0. The molecule has 1 fully saturated rings. The monoisotopic (exact) mass is 447 g/mol. The average Bonchev–Trinajstić information content (AvgIpc) is 3.41. The summed E-state index contributed by atoms with van der Waals surface area (Å²) in [7, 11) is 1.66. The zero-order valence-corrected chi connectivity index (χ0v) is 20.1. The fourth-order valence-corrected chi connectivity index (χ4v) is 4.94. The maximum Gasteiger partial charge on any atom is 0.227 e. The molecule has 0 radical (unpaired) electrons. The number of methoxy groups -OCH3 is 1. The van der Waals surface area contributed by atoms with Crippen molar-refractivity contribution in [2.24, 2.45) is 0 Å². The molecule has 176 valence electrons. The van der Waals surface area contributed by atoms with Crippen molar-refractivity contribution < 1.29 is 9.53 Å². The van der Waals surface area contributed by atoms with E-state index in [1.54, 1.807) is 7.11 Å². The van der Waals surface area contributed by atoms with Crippen LogP contribution in [-0.2, 0) is 11.3 Å². The third kappa shape index (κ3) is 5.58. The van der Waals surface area contributed by atoms with Crippen molar-refractivity contribution in [3.05, 3.63) is 54.4 Å². The Morgan fingerprint density at radius 1 is 0.939 bits per heavy atom. The van der Waals surface area contributed by atoms with Crippen molar-refractivity contribution in [1.82, 2.24) is 9.55 Å². The summed E-state index contributed by atoms with van der Waals surface area (Å²) in [5, 5.41) is 0. The van der Waals surface area contributed by atoms with Crippen LogP contribution in [0.4, 0.5) is 5.69 Å². The Morgan fingerprint density at radius 3 is 2.36 bits per heavy atom. The van der Waals surface area contributed by atoms with Crippen LogP contribution in [0.25, 0.3) is 11.0 Å². The molecule has 2 heterocycles. The number of anilines is 1. The zero-order valence-electron chi connectivity index (χ0n) is 20.1. The van der Waals surface area contributed by atoms with E-state index in [2.05, 4.69) is 29.7 Å². The lowest BCUT2D eigenvalue weighted by Gasteiger charge is -2.18. The first-order valence-corrected chi connectivity index (χ1v) is 12.6. The molecule has 0 spiro atoms. The van der Waals surface area contributed by atoms with E-state index in [0.29, 0.717) is 13.0 Å². The van der Waals surface area contributed by atoms with Gasteiger partial charge in [-0.15, -0.1) is 0 Å². The smallest absolute Gasteiger partial charge is 0.227 e. The number of amides is 1. The second-order valence-corrected chi connectivity index (χ2v) is 9.19. The van der Waals surface area contributed by atoms with E-state index in [1.165, 1.54) is 50.5 Å². The van der Waals surface area contributed by atoms with E-state index in [-0.39, 0.29) is 11.8 Å². The Kier molecular flexibility index (Phi) is 8.03. The van der Waals surface area contributed by atoms with Crippen molar-refractivity contribution in [3.63, 3.8) is 0 Å². The SMILES string of the molecule is CCCCCCCCCCn1c(C2CC(=O)N(c3ccc(OC)cc3)C2)nc2ccccc21. The Labute approximate surface area is 197 Å². The normalized spacial score (nSPS) is 16.1. The van der Waals surface area contributed by atoms with Crippen molar-refractivity contribution in [3.8, 4) is 5.75 Å². The molecular formula is C28H37N3O2. The number of fused-ring (bicyclic) bond motifs is 1. The molecule has 1 aromatic heterocycles. The first-order chi connectivity index (χ1) is 16.2. The molecule has 4 rings (SSSR count). The summed E-state index contributed by atoms with van der Waals surface area (Å²) in [6, 6.07) is 16.1. The van der Waals surface area contributed by atoms with Gasteiger partial charge >= 0.3 is 0 Å². The van der Waals surface area contributed by atoms with Gasteiger partial charge in [-0.3, -0.25) is 4.79 Å². The third-order valence-corrected chi connectivity index (χ3v) is 6.79. The number of unbranched alkanes of at least 4 members (excludes halogenated alkanes) is 7. The largest absolute Gasteiger partial charge is 0.497 e. The van der Waals surface area contributed by atoms with Gasteiger partial charge in [0.25, 0.3) is 0 Å². The Bertz CT molecular complexity index is 1040. The minimum Gasteiger partial charge on any atom is -0.497 e. The van der Waals surface area contributed by atoms with Crippen LogP contribution in [0.5, 0.6) is 5.75 Å². The molecule has 1 saturated heterocycles. The molecule has 0 N–H and O–H groups in total. The predicted molar refractivity (Wildman–Crippen MR) is 135 cm³/mol. The third-order valence-electron chi connectivity index (χ3n) is 6.79. The van der Waals surface area contributed by atoms with E-state index in [1.807, 2.05) is 35.2 Å². The molecule has 1 aliphatic rings. The van der Waals surface area contributed by atoms with Crippen molar-refractivity contribution >= 4 is 22.6 Å². The number of imidazole rings is 1. The molecule has 33 heavy (non-hydrogen) atoms. The number of para-hydroxylation sites is 2. The number of hydrogen-bond acceptors (Lipinski definition) is 3. The minimum atomic E-state index is 0.112. The number of carbonyl (C=O) groups is 1. The number of ether oxygens (including phenoxy) is 1. The summed E-state index contributed by atoms with van der Waals surface area (Å²) in [4.78, 5) is 19.8. The molecule has 0 bridgehead atoms. The van der Waals surface area contributed by atoms with Crippen LogP contribution in [-0.4, -0.2) is 29.1 Å². The maximum absolute atomic E-state index is 12.9. The van der Waals surface area contributed by atoms with E-state index in [9.17, 15) is 4.79 Å². The van der Waals surface area contributed by atoms with Gasteiger partial charge in [0.05, 0.1) is 18.1 Å². The van der Waals surface area contributed by atoms with Gasteiger partial charge in [-0.05, 0) is 42.8 Å². The molecular weight excluding hydrogens is 410 g/mol. The summed E-state index contributed by atoms with van der Waals surface area (Å²) in [5.74, 6) is 2.13. The Hall–Kier alpha value is -2.82. The number of aromatic nitrogens is 2. The van der Waals surface area contributed by atoms with E-state index < -0.39 is 0 Å². The van der Waals surface area contributed by atoms with E-state index in [4.69, 9.17) is 9.72 Å². The molecule has 1 unspecified atom stereocenters. The zero-order chi connectivity index (χ0) is 23.0. The second-order valence-electron chi connectivity index (χ2n) is 9.19. The van der Waals surface area contributed by atoms with Crippen LogP contribution in [0.3, 0.4) is 0 Å². The molecule has 3 aromatic rings. The quantitative estimate of drug-likeness (QED) is 0.290. The van der Waals surface area contributed by atoms with Crippen molar-refractivity contribution in [1.29, 1.82) is 0 Å². The van der Waals surface area contributed by atoms with Crippen LogP contribution in [0, 0.1) is 0 Å². The Balaban J connectivity index is 1.44. The molecule has 5 heteroatoms. The standard InChI is InChI=1S/C28H37N3O2/c1-3-4-5-6-7-8-9-12-19-30-26-14-11-10-13-25(26)29-28(30)22-20-27(32)31(21-22)23-15-17-24(33-2)18-16-23/h10-11,13-18,22H,3-9,12,19-21H2,1-2H3. The fraction of sp³-hybridized carbons (Fsp3) is 0.500. The van der Waals surface area contributed by atoms with Crippen LogP contribution < -0.4 is 9.64 Å². The van der Waals surface area contributed by atoms with Crippen LogP contribution in [0.2, 0.25) is 0 Å². The lowest BCUT2D eigenvalue weighted by Crippen LogP contribution is -2.24. The van der Waals surface area contributed by atoms with Gasteiger partial charge in [0.2, 0.25) is 5.91 Å². The molecule has 5 nitrogen and oxygen atoms in total. The van der Waals surface area contributed by atoms with Crippen molar-refractivity contribution in [2.75, 3.05) is 18.6 Å². The van der Waals surface area contributed by atoms with Crippen LogP contribution in [0.15, 0.2) is 48.5 Å². The summed E-state index contributed by atoms with van der Waals surface area (Å²) in [6.07, 6.45) is 10.9. The van der Waals surface area contributed by atoms with Gasteiger partial charge < -0.3 is 14.2 Å². The number of carbonyl (C=O) groups excluding carboxylic acids is 1. The molecule has 0 saturated carbocycles. The minimum absolute atomic E-state index is 0.112. The average molecular weight is 448 g/mol. The molecule has 2 aromatic carbocycles.